The van der Waals surface area contributed by atoms with Gasteiger partial charge in [0.25, 0.3) is 5.91 Å². The Morgan fingerprint density at radius 1 is 1.08 bits per heavy atom. The highest BCUT2D eigenvalue weighted by Gasteiger charge is 2.31. The van der Waals surface area contributed by atoms with Crippen molar-refractivity contribution in [3.05, 3.63) is 59.4 Å². The maximum Gasteiger partial charge on any atom is 0.416 e. The third-order valence-electron chi connectivity index (χ3n) is 5.97. The molecule has 0 saturated carbocycles. The summed E-state index contributed by atoms with van der Waals surface area (Å²) in [6.45, 7) is 5.52. The number of hydrogen-bond donors (Lipinski definition) is 3. The lowest BCUT2D eigenvalue weighted by Gasteiger charge is -2.34. The summed E-state index contributed by atoms with van der Waals surface area (Å²) in [6, 6.07) is 10.5. The Bertz CT molecular complexity index is 1270. The summed E-state index contributed by atoms with van der Waals surface area (Å²) in [7, 11) is 2.09. The lowest BCUT2D eigenvalue weighted by Crippen LogP contribution is -2.44. The number of hydrogen-bond acceptors (Lipinski definition) is 8. The van der Waals surface area contributed by atoms with E-state index in [2.05, 4.69) is 32.1 Å². The third kappa shape index (κ3) is 6.20. The predicted octanol–water partition coefficient (Wildman–Crippen LogP) is 4.03. The van der Waals surface area contributed by atoms with E-state index >= 15 is 0 Å². The van der Waals surface area contributed by atoms with Crippen molar-refractivity contribution in [2.24, 2.45) is 5.73 Å². The van der Waals surface area contributed by atoms with Crippen molar-refractivity contribution in [2.75, 3.05) is 49.2 Å². The predicted molar refractivity (Wildman–Crippen MR) is 135 cm³/mol. The van der Waals surface area contributed by atoms with Crippen LogP contribution in [0.15, 0.2) is 42.5 Å². The number of aryl methyl sites for hydroxylation is 1. The molecule has 9 nitrogen and oxygen atoms in total. The minimum atomic E-state index is -4.61. The van der Waals surface area contributed by atoms with Crippen molar-refractivity contribution in [2.45, 2.75) is 19.5 Å². The molecule has 0 atom stereocenters. The monoisotopic (exact) mass is 515 g/mol. The summed E-state index contributed by atoms with van der Waals surface area (Å²) in [5.74, 6) is -1.02. The molecule has 37 heavy (non-hydrogen) atoms. The van der Waals surface area contributed by atoms with Crippen LogP contribution in [0.5, 0.6) is 11.6 Å². The van der Waals surface area contributed by atoms with Gasteiger partial charge < -0.3 is 31.3 Å². The van der Waals surface area contributed by atoms with Gasteiger partial charge in [0.1, 0.15) is 11.4 Å². The van der Waals surface area contributed by atoms with Crippen molar-refractivity contribution in [1.82, 2.24) is 14.9 Å². The number of benzene rings is 2. The molecule has 1 fully saturated rings. The molecule has 0 aliphatic carbocycles. The van der Waals surface area contributed by atoms with Crippen molar-refractivity contribution in [1.29, 1.82) is 0 Å². The Morgan fingerprint density at radius 2 is 1.76 bits per heavy atom. The maximum absolute atomic E-state index is 13.2. The number of ether oxygens (including phenoxy) is 1. The van der Waals surface area contributed by atoms with E-state index in [9.17, 15) is 18.0 Å². The third-order valence-corrected chi connectivity index (χ3v) is 5.97. The van der Waals surface area contributed by atoms with Crippen LogP contribution in [-0.2, 0) is 12.6 Å². The SMILES string of the molecule is CCc1nc(C(N)=O)c(Nc2ccc(N3CCN(C)CC3)cc2)nc1Oc1cc(N)cc(C(F)(F)F)c1. The van der Waals surface area contributed by atoms with Crippen molar-refractivity contribution in [3.63, 3.8) is 0 Å². The fourth-order valence-corrected chi connectivity index (χ4v) is 3.94. The molecular weight excluding hydrogens is 487 g/mol. The van der Waals surface area contributed by atoms with Crippen LogP contribution in [0, 0.1) is 0 Å². The van der Waals surface area contributed by atoms with E-state index in [1.165, 1.54) is 6.07 Å². The Balaban J connectivity index is 1.63. The number of carbonyl (C=O) groups excluding carboxylic acids is 1. The Hall–Kier alpha value is -4.06. The molecule has 0 unspecified atom stereocenters. The molecule has 1 aromatic heterocycles. The van der Waals surface area contributed by atoms with E-state index in [0.29, 0.717) is 5.69 Å². The highest BCUT2D eigenvalue weighted by atomic mass is 19.4. The summed E-state index contributed by atoms with van der Waals surface area (Å²) in [4.78, 5) is 25.3. The molecule has 3 aromatic rings. The fourth-order valence-electron chi connectivity index (χ4n) is 3.94. The number of likely N-dealkylation sites (N-methyl/N-ethyl adjacent to an activating group) is 1. The molecule has 1 aliphatic rings. The van der Waals surface area contributed by atoms with Gasteiger partial charge in [0.05, 0.1) is 5.56 Å². The lowest BCUT2D eigenvalue weighted by molar-refractivity contribution is -0.137. The summed E-state index contributed by atoms with van der Waals surface area (Å²) in [5.41, 5.74) is 11.9. The molecule has 2 heterocycles. The van der Waals surface area contributed by atoms with Crippen molar-refractivity contribution >= 4 is 28.8 Å². The first-order valence-electron chi connectivity index (χ1n) is 11.7. The molecule has 1 aliphatic heterocycles. The molecule has 0 bridgehead atoms. The highest BCUT2D eigenvalue weighted by molar-refractivity contribution is 5.96. The molecule has 196 valence electrons. The Morgan fingerprint density at radius 3 is 2.35 bits per heavy atom. The van der Waals surface area contributed by atoms with Crippen molar-refractivity contribution < 1.29 is 22.7 Å². The van der Waals surface area contributed by atoms with Gasteiger partial charge >= 0.3 is 6.18 Å². The van der Waals surface area contributed by atoms with Gasteiger partial charge in [-0.05, 0) is 49.9 Å². The quantitative estimate of drug-likeness (QED) is 0.403. The fraction of sp³-hybridized carbons (Fsp3) is 0.320. The zero-order chi connectivity index (χ0) is 26.7. The van der Waals surface area contributed by atoms with Gasteiger partial charge in [0, 0.05) is 49.3 Å². The molecule has 2 aromatic carbocycles. The van der Waals surface area contributed by atoms with Crippen LogP contribution in [0.3, 0.4) is 0 Å². The number of nitrogens with one attached hydrogen (secondary N) is 1. The molecule has 5 N–H and O–H groups in total. The summed E-state index contributed by atoms with van der Waals surface area (Å²) in [6.07, 6.45) is -4.32. The number of alkyl halides is 3. The van der Waals surface area contributed by atoms with Crippen LogP contribution in [-0.4, -0.2) is 54.0 Å². The topological polar surface area (TPSA) is 123 Å². The lowest BCUT2D eigenvalue weighted by atomic mass is 10.2. The number of nitrogens with zero attached hydrogens (tertiary/aromatic N) is 4. The van der Waals surface area contributed by atoms with E-state index in [0.717, 1.165) is 44.0 Å². The number of amides is 1. The van der Waals surface area contributed by atoms with Crippen LogP contribution >= 0.6 is 0 Å². The first-order chi connectivity index (χ1) is 17.5. The maximum atomic E-state index is 13.2. The summed E-state index contributed by atoms with van der Waals surface area (Å²) in [5, 5.41) is 3.03. The van der Waals surface area contributed by atoms with Gasteiger partial charge in [-0.1, -0.05) is 6.92 Å². The largest absolute Gasteiger partial charge is 0.437 e. The number of primary amides is 1. The molecule has 0 radical (unpaired) electrons. The van der Waals surface area contributed by atoms with E-state index in [1.54, 1.807) is 6.92 Å². The second kappa shape index (κ2) is 10.5. The molecule has 4 rings (SSSR count). The number of rotatable bonds is 7. The molecular formula is C25H28F3N7O2. The Kier molecular flexibility index (Phi) is 7.39. The molecule has 1 amide bonds. The van der Waals surface area contributed by atoms with Crippen LogP contribution in [0.1, 0.15) is 28.7 Å². The van der Waals surface area contributed by atoms with Crippen LogP contribution in [0.2, 0.25) is 0 Å². The normalized spacial score (nSPS) is 14.5. The van der Waals surface area contributed by atoms with E-state index in [4.69, 9.17) is 16.2 Å². The minimum Gasteiger partial charge on any atom is -0.437 e. The summed E-state index contributed by atoms with van der Waals surface area (Å²) >= 11 is 0. The van der Waals surface area contributed by atoms with E-state index in [1.807, 2.05) is 24.3 Å². The van der Waals surface area contributed by atoms with Gasteiger partial charge in [-0.3, -0.25) is 4.79 Å². The smallest absolute Gasteiger partial charge is 0.416 e. The average Bonchev–Trinajstić information content (AvgIpc) is 2.84. The number of halogens is 3. The average molecular weight is 516 g/mol. The number of carbonyl (C=O) groups is 1. The number of aromatic nitrogens is 2. The second-order valence-corrected chi connectivity index (χ2v) is 8.74. The zero-order valence-corrected chi connectivity index (χ0v) is 20.5. The molecule has 1 saturated heterocycles. The standard InChI is InChI=1S/C25H28F3N7O2/c1-3-20-24(37-19-13-15(25(26,27)28)12-16(29)14-19)33-23(21(32-20)22(30)36)31-17-4-6-18(7-5-17)35-10-8-34(2)9-11-35/h4-7,12-14H,3,8-11,29H2,1-2H3,(H2,30,36)(H,31,33). The van der Waals surface area contributed by atoms with Crippen LogP contribution < -0.4 is 26.4 Å². The van der Waals surface area contributed by atoms with Crippen LogP contribution in [0.4, 0.5) is 36.1 Å². The van der Waals surface area contributed by atoms with E-state index in [-0.39, 0.29) is 40.9 Å². The van der Waals surface area contributed by atoms with E-state index < -0.39 is 17.6 Å². The van der Waals surface area contributed by atoms with Crippen LogP contribution in [0.25, 0.3) is 0 Å². The first-order valence-corrected chi connectivity index (χ1v) is 11.7. The molecule has 12 heteroatoms. The first kappa shape index (κ1) is 26.0. The minimum absolute atomic E-state index is 0.0204. The summed E-state index contributed by atoms with van der Waals surface area (Å²) < 4.78 is 45.4. The molecule has 0 spiro atoms. The van der Waals surface area contributed by atoms with Gasteiger partial charge in [0.2, 0.25) is 5.88 Å². The second-order valence-electron chi connectivity index (χ2n) is 8.74. The Labute approximate surface area is 212 Å². The van der Waals surface area contributed by atoms with Gasteiger partial charge in [-0.2, -0.15) is 18.2 Å². The van der Waals surface area contributed by atoms with Crippen molar-refractivity contribution in [3.8, 4) is 11.6 Å². The number of anilines is 4. The zero-order valence-electron chi connectivity index (χ0n) is 20.5. The van der Waals surface area contributed by atoms with Gasteiger partial charge in [0.15, 0.2) is 11.5 Å². The number of piperazine rings is 1. The number of nitrogen functional groups attached to an aromatic ring is 1. The van der Waals surface area contributed by atoms with Gasteiger partial charge in [-0.15, -0.1) is 0 Å². The van der Waals surface area contributed by atoms with Gasteiger partial charge in [-0.25, -0.2) is 4.98 Å². The number of nitrogens with two attached hydrogens (primary N) is 2. The highest BCUT2D eigenvalue weighted by Crippen LogP contribution is 2.35.